The van der Waals surface area contributed by atoms with Crippen molar-refractivity contribution in [2.24, 2.45) is 0 Å². The van der Waals surface area contributed by atoms with Gasteiger partial charge in [0.25, 0.3) is 0 Å². The van der Waals surface area contributed by atoms with Crippen molar-refractivity contribution in [3.8, 4) is 11.1 Å². The van der Waals surface area contributed by atoms with Crippen LogP contribution in [0.1, 0.15) is 29.7 Å². The summed E-state index contributed by atoms with van der Waals surface area (Å²) in [5, 5.41) is 2.65. The Morgan fingerprint density at radius 1 is 1.00 bits per heavy atom. The second-order valence-electron chi connectivity index (χ2n) is 6.75. The van der Waals surface area contributed by atoms with Gasteiger partial charge in [0.2, 0.25) is 5.91 Å². The Balaban J connectivity index is 1.75. The van der Waals surface area contributed by atoms with Gasteiger partial charge in [-0.3, -0.25) is 9.78 Å². The van der Waals surface area contributed by atoms with E-state index in [0.717, 1.165) is 29.0 Å². The summed E-state index contributed by atoms with van der Waals surface area (Å²) >= 11 is 0. The largest absolute Gasteiger partial charge is 0.416 e. The number of benzene rings is 2. The zero-order valence-corrected chi connectivity index (χ0v) is 15.7. The molecular weight excluding hydrogens is 384 g/mol. The summed E-state index contributed by atoms with van der Waals surface area (Å²) in [7, 11) is 0. The number of carbonyl (C=O) groups is 1. The SMILES string of the molecule is Cc1cc(-c2ccc(NC(=O)[C@@H](C)c3cc(F)cc(C(F)(F)F)c3)cc2)ccn1. The molecular formula is C22H18F4N2O. The van der Waals surface area contributed by atoms with Crippen molar-refractivity contribution in [1.29, 1.82) is 0 Å². The van der Waals surface area contributed by atoms with Gasteiger partial charge in [0.15, 0.2) is 0 Å². The van der Waals surface area contributed by atoms with E-state index < -0.39 is 29.4 Å². The molecule has 0 bridgehead atoms. The summed E-state index contributed by atoms with van der Waals surface area (Å²) in [6.45, 7) is 3.31. The van der Waals surface area contributed by atoms with Crippen LogP contribution in [-0.2, 0) is 11.0 Å². The number of alkyl halides is 3. The first-order valence-electron chi connectivity index (χ1n) is 8.85. The molecule has 1 heterocycles. The van der Waals surface area contributed by atoms with E-state index in [4.69, 9.17) is 0 Å². The highest BCUT2D eigenvalue weighted by Crippen LogP contribution is 2.32. The first-order chi connectivity index (χ1) is 13.6. The molecule has 0 unspecified atom stereocenters. The number of hydrogen-bond acceptors (Lipinski definition) is 2. The van der Waals surface area contributed by atoms with Gasteiger partial charge in [-0.2, -0.15) is 13.2 Å². The molecule has 150 valence electrons. The van der Waals surface area contributed by atoms with E-state index in [2.05, 4.69) is 10.3 Å². The number of nitrogens with zero attached hydrogens (tertiary/aromatic N) is 1. The normalized spacial score (nSPS) is 12.5. The fraction of sp³-hybridized carbons (Fsp3) is 0.182. The molecule has 7 heteroatoms. The van der Waals surface area contributed by atoms with E-state index >= 15 is 0 Å². The van der Waals surface area contributed by atoms with Gasteiger partial charge in [0, 0.05) is 17.6 Å². The Morgan fingerprint density at radius 3 is 2.31 bits per heavy atom. The lowest BCUT2D eigenvalue weighted by Crippen LogP contribution is -2.19. The van der Waals surface area contributed by atoms with Crippen molar-refractivity contribution < 1.29 is 22.4 Å². The summed E-state index contributed by atoms with van der Waals surface area (Å²) in [4.78, 5) is 16.6. The van der Waals surface area contributed by atoms with Crippen molar-refractivity contribution >= 4 is 11.6 Å². The van der Waals surface area contributed by atoms with Crippen molar-refractivity contribution in [3.63, 3.8) is 0 Å². The first kappa shape index (κ1) is 20.5. The Labute approximate surface area is 165 Å². The van der Waals surface area contributed by atoms with Crippen molar-refractivity contribution in [3.05, 3.63) is 83.4 Å². The predicted octanol–water partition coefficient (Wildman–Crippen LogP) is 5.96. The van der Waals surface area contributed by atoms with E-state index in [1.165, 1.54) is 6.92 Å². The Morgan fingerprint density at radius 2 is 1.69 bits per heavy atom. The van der Waals surface area contributed by atoms with Crippen molar-refractivity contribution in [1.82, 2.24) is 4.98 Å². The highest BCUT2D eigenvalue weighted by molar-refractivity contribution is 5.95. The molecule has 0 aliphatic rings. The van der Waals surface area contributed by atoms with Crippen LogP contribution in [0.15, 0.2) is 60.8 Å². The maximum atomic E-state index is 13.6. The lowest BCUT2D eigenvalue weighted by Gasteiger charge is -2.15. The summed E-state index contributed by atoms with van der Waals surface area (Å²) in [5.74, 6) is -2.53. The van der Waals surface area contributed by atoms with Crippen LogP contribution in [0.4, 0.5) is 23.2 Å². The molecule has 0 aliphatic heterocycles. The minimum atomic E-state index is -4.69. The van der Waals surface area contributed by atoms with Gasteiger partial charge in [-0.1, -0.05) is 12.1 Å². The van der Waals surface area contributed by atoms with E-state index in [1.54, 1.807) is 18.3 Å². The summed E-state index contributed by atoms with van der Waals surface area (Å²) in [6, 6.07) is 13.0. The number of rotatable bonds is 4. The molecule has 3 rings (SSSR count). The van der Waals surface area contributed by atoms with Crippen LogP contribution in [0, 0.1) is 12.7 Å². The Kier molecular flexibility index (Phi) is 5.68. The highest BCUT2D eigenvalue weighted by atomic mass is 19.4. The molecule has 1 aromatic heterocycles. The predicted molar refractivity (Wildman–Crippen MR) is 103 cm³/mol. The van der Waals surface area contributed by atoms with E-state index in [1.807, 2.05) is 31.2 Å². The van der Waals surface area contributed by atoms with Crippen molar-refractivity contribution in [2.75, 3.05) is 5.32 Å². The number of pyridine rings is 1. The average Bonchev–Trinajstić information content (AvgIpc) is 2.66. The summed E-state index contributed by atoms with van der Waals surface area (Å²) in [6.07, 6.45) is -2.98. The number of amides is 1. The maximum Gasteiger partial charge on any atom is 0.416 e. The standard InChI is InChI=1S/C22H18F4N2O/c1-13-9-16(7-8-27-13)15-3-5-20(6-4-15)28-21(29)14(2)17-10-18(22(24,25)26)12-19(23)11-17/h3-12,14H,1-2H3,(H,28,29)/t14-/m0/s1. The smallest absolute Gasteiger partial charge is 0.326 e. The van der Waals surface area contributed by atoms with Crippen LogP contribution in [0.5, 0.6) is 0 Å². The number of hydrogen-bond donors (Lipinski definition) is 1. The highest BCUT2D eigenvalue weighted by Gasteiger charge is 2.32. The lowest BCUT2D eigenvalue weighted by atomic mass is 9.97. The van der Waals surface area contributed by atoms with Gasteiger partial charge < -0.3 is 5.32 Å². The number of aryl methyl sites for hydroxylation is 1. The number of halogens is 4. The van der Waals surface area contributed by atoms with Crippen LogP contribution in [-0.4, -0.2) is 10.9 Å². The second kappa shape index (κ2) is 8.03. The first-order valence-corrected chi connectivity index (χ1v) is 8.85. The quantitative estimate of drug-likeness (QED) is 0.548. The number of aromatic nitrogens is 1. The average molecular weight is 402 g/mol. The van der Waals surface area contributed by atoms with Gasteiger partial charge in [-0.05, 0) is 73.0 Å². The van der Waals surface area contributed by atoms with Gasteiger partial charge in [0.1, 0.15) is 5.82 Å². The monoisotopic (exact) mass is 402 g/mol. The third kappa shape index (κ3) is 4.99. The maximum absolute atomic E-state index is 13.6. The van der Waals surface area contributed by atoms with Gasteiger partial charge >= 0.3 is 6.18 Å². The zero-order valence-electron chi connectivity index (χ0n) is 15.7. The molecule has 29 heavy (non-hydrogen) atoms. The molecule has 1 atom stereocenters. The van der Waals surface area contributed by atoms with Gasteiger partial charge in [-0.25, -0.2) is 4.39 Å². The van der Waals surface area contributed by atoms with Crippen LogP contribution in [0.3, 0.4) is 0 Å². The zero-order chi connectivity index (χ0) is 21.2. The molecule has 2 aromatic carbocycles. The topological polar surface area (TPSA) is 42.0 Å². The summed E-state index contributed by atoms with van der Waals surface area (Å²) < 4.78 is 52.3. The number of carbonyl (C=O) groups excluding carboxylic acids is 1. The minimum Gasteiger partial charge on any atom is -0.326 e. The molecule has 0 fully saturated rings. The molecule has 0 saturated heterocycles. The minimum absolute atomic E-state index is 0.0429. The van der Waals surface area contributed by atoms with Crippen LogP contribution in [0.25, 0.3) is 11.1 Å². The second-order valence-corrected chi connectivity index (χ2v) is 6.75. The van der Waals surface area contributed by atoms with E-state index in [-0.39, 0.29) is 5.56 Å². The molecule has 0 saturated carbocycles. The summed E-state index contributed by atoms with van der Waals surface area (Å²) in [5.41, 5.74) is 2.11. The number of anilines is 1. The van der Waals surface area contributed by atoms with E-state index in [0.29, 0.717) is 11.8 Å². The van der Waals surface area contributed by atoms with E-state index in [9.17, 15) is 22.4 Å². The molecule has 1 N–H and O–H groups in total. The Bertz CT molecular complexity index is 1030. The molecule has 3 nitrogen and oxygen atoms in total. The third-order valence-electron chi connectivity index (χ3n) is 4.52. The molecule has 0 radical (unpaired) electrons. The lowest BCUT2D eigenvalue weighted by molar-refractivity contribution is -0.138. The third-order valence-corrected chi connectivity index (χ3v) is 4.52. The molecule has 0 spiro atoms. The fourth-order valence-corrected chi connectivity index (χ4v) is 2.90. The number of nitrogens with one attached hydrogen (secondary N) is 1. The molecule has 1 amide bonds. The molecule has 3 aromatic rings. The Hall–Kier alpha value is -3.22. The molecule has 0 aliphatic carbocycles. The van der Waals surface area contributed by atoms with Gasteiger partial charge in [0.05, 0.1) is 11.5 Å². The fourth-order valence-electron chi connectivity index (χ4n) is 2.90. The van der Waals surface area contributed by atoms with Crippen LogP contribution < -0.4 is 5.32 Å². The van der Waals surface area contributed by atoms with Crippen molar-refractivity contribution in [2.45, 2.75) is 25.9 Å². The van der Waals surface area contributed by atoms with Crippen LogP contribution in [0.2, 0.25) is 0 Å². The van der Waals surface area contributed by atoms with Gasteiger partial charge in [-0.15, -0.1) is 0 Å². The van der Waals surface area contributed by atoms with Crippen LogP contribution >= 0.6 is 0 Å².